The van der Waals surface area contributed by atoms with E-state index in [1.54, 1.807) is 0 Å². The van der Waals surface area contributed by atoms with Crippen molar-refractivity contribution in [1.29, 1.82) is 0 Å². The van der Waals surface area contributed by atoms with Gasteiger partial charge < -0.3 is 10.1 Å². The van der Waals surface area contributed by atoms with Crippen LogP contribution < -0.4 is 5.32 Å². The quantitative estimate of drug-likeness (QED) is 0.841. The summed E-state index contributed by atoms with van der Waals surface area (Å²) in [6.45, 7) is 3.16. The summed E-state index contributed by atoms with van der Waals surface area (Å²) < 4.78 is 5.71. The van der Waals surface area contributed by atoms with Gasteiger partial charge in [-0.15, -0.1) is 0 Å². The van der Waals surface area contributed by atoms with Crippen molar-refractivity contribution >= 4 is 0 Å². The van der Waals surface area contributed by atoms with Crippen LogP contribution in [0.3, 0.4) is 0 Å². The second-order valence-corrected chi connectivity index (χ2v) is 5.51. The molecule has 2 saturated carbocycles. The number of ether oxygens (including phenoxy) is 1. The molecule has 0 amide bonds. The molecule has 2 heteroatoms. The van der Waals surface area contributed by atoms with Crippen LogP contribution in [-0.2, 0) is 16.9 Å². The van der Waals surface area contributed by atoms with Crippen LogP contribution in [0.4, 0.5) is 0 Å². The minimum absolute atomic E-state index is 0.0360. The molecular formula is C15H21NO. The molecule has 2 nitrogen and oxygen atoms in total. The lowest BCUT2D eigenvalue weighted by Gasteiger charge is -2.19. The Morgan fingerprint density at radius 2 is 2.12 bits per heavy atom. The summed E-state index contributed by atoms with van der Waals surface area (Å²) >= 11 is 0. The smallest absolute Gasteiger partial charge is 0.0933 e. The van der Waals surface area contributed by atoms with Gasteiger partial charge in [-0.1, -0.05) is 23.8 Å². The van der Waals surface area contributed by atoms with Gasteiger partial charge in [0.25, 0.3) is 0 Å². The first-order valence-corrected chi connectivity index (χ1v) is 6.62. The monoisotopic (exact) mass is 231 g/mol. The van der Waals surface area contributed by atoms with Crippen LogP contribution in [-0.4, -0.2) is 13.2 Å². The van der Waals surface area contributed by atoms with Gasteiger partial charge in [0.15, 0.2) is 0 Å². The molecule has 2 aliphatic carbocycles. The Morgan fingerprint density at radius 3 is 2.71 bits per heavy atom. The molecule has 2 fully saturated rings. The van der Waals surface area contributed by atoms with Crippen molar-refractivity contribution in [2.45, 2.75) is 50.8 Å². The Kier molecular flexibility index (Phi) is 2.72. The average molecular weight is 231 g/mol. The number of benzene rings is 1. The second-order valence-electron chi connectivity index (χ2n) is 5.51. The van der Waals surface area contributed by atoms with E-state index < -0.39 is 0 Å². The summed E-state index contributed by atoms with van der Waals surface area (Å²) in [6.07, 6.45) is 5.03. The summed E-state index contributed by atoms with van der Waals surface area (Å²) in [5, 5.41) is 3.61. The molecule has 0 aliphatic heterocycles. The van der Waals surface area contributed by atoms with Crippen LogP contribution in [0.15, 0.2) is 18.2 Å². The molecule has 92 valence electrons. The fourth-order valence-corrected chi connectivity index (χ4v) is 2.55. The molecule has 0 bridgehead atoms. The summed E-state index contributed by atoms with van der Waals surface area (Å²) in [7, 11) is 1.84. The average Bonchev–Trinajstić information content (AvgIpc) is 3.21. The lowest BCUT2D eigenvalue weighted by molar-refractivity contribution is 0.0780. The number of hydrogen-bond acceptors (Lipinski definition) is 2. The van der Waals surface area contributed by atoms with Gasteiger partial charge in [-0.3, -0.25) is 0 Å². The van der Waals surface area contributed by atoms with E-state index in [9.17, 15) is 0 Å². The molecule has 0 unspecified atom stereocenters. The van der Waals surface area contributed by atoms with E-state index in [0.717, 1.165) is 12.6 Å². The molecular weight excluding hydrogens is 210 g/mol. The number of nitrogens with one attached hydrogen (secondary N) is 1. The van der Waals surface area contributed by atoms with Crippen molar-refractivity contribution in [3.63, 3.8) is 0 Å². The fourth-order valence-electron chi connectivity index (χ4n) is 2.55. The lowest BCUT2D eigenvalue weighted by atomic mass is 9.98. The van der Waals surface area contributed by atoms with Gasteiger partial charge in [-0.25, -0.2) is 0 Å². The molecule has 3 rings (SSSR count). The van der Waals surface area contributed by atoms with Gasteiger partial charge in [-0.05, 0) is 43.7 Å². The van der Waals surface area contributed by atoms with Gasteiger partial charge >= 0.3 is 0 Å². The summed E-state index contributed by atoms with van der Waals surface area (Å²) in [5.74, 6) is 0. The van der Waals surface area contributed by atoms with Crippen molar-refractivity contribution in [3.05, 3.63) is 34.9 Å². The zero-order chi connectivity index (χ0) is 11.9. The molecule has 1 aromatic rings. The summed E-state index contributed by atoms with van der Waals surface area (Å²) in [5.41, 5.74) is 4.21. The number of rotatable bonds is 5. The maximum Gasteiger partial charge on any atom is 0.0933 e. The zero-order valence-corrected chi connectivity index (χ0v) is 10.8. The first-order chi connectivity index (χ1) is 8.23. The van der Waals surface area contributed by atoms with E-state index in [1.807, 2.05) is 7.11 Å². The van der Waals surface area contributed by atoms with E-state index >= 15 is 0 Å². The normalized spacial score (nSPS) is 21.5. The van der Waals surface area contributed by atoms with Gasteiger partial charge in [-0.2, -0.15) is 0 Å². The molecule has 0 heterocycles. The van der Waals surface area contributed by atoms with Crippen molar-refractivity contribution in [3.8, 4) is 0 Å². The third kappa shape index (κ3) is 2.24. The fraction of sp³-hybridized carbons (Fsp3) is 0.600. The van der Waals surface area contributed by atoms with E-state index in [0.29, 0.717) is 0 Å². The molecule has 0 spiro atoms. The standard InChI is InChI=1S/C15H21NO/c1-11-3-6-14(15(17-2)7-8-15)12(9-11)10-16-13-4-5-13/h3,6,9,13,16H,4-5,7-8,10H2,1-2H3. The van der Waals surface area contributed by atoms with Crippen molar-refractivity contribution in [2.75, 3.05) is 7.11 Å². The zero-order valence-electron chi connectivity index (χ0n) is 10.8. The van der Waals surface area contributed by atoms with E-state index in [4.69, 9.17) is 4.74 Å². The highest BCUT2D eigenvalue weighted by atomic mass is 16.5. The van der Waals surface area contributed by atoms with E-state index in [1.165, 1.54) is 42.4 Å². The van der Waals surface area contributed by atoms with Crippen LogP contribution in [0.1, 0.15) is 42.4 Å². The Morgan fingerprint density at radius 1 is 1.35 bits per heavy atom. The highest BCUT2D eigenvalue weighted by Gasteiger charge is 2.45. The second kappa shape index (κ2) is 4.11. The minimum Gasteiger partial charge on any atom is -0.374 e. The third-order valence-electron chi connectivity index (χ3n) is 4.01. The SMILES string of the molecule is COC1(c2ccc(C)cc2CNC2CC2)CC1. The van der Waals surface area contributed by atoms with Crippen molar-refractivity contribution in [1.82, 2.24) is 5.32 Å². The number of aryl methyl sites for hydroxylation is 1. The maximum atomic E-state index is 5.71. The Balaban J connectivity index is 1.84. The highest BCUT2D eigenvalue weighted by Crippen LogP contribution is 2.50. The first-order valence-electron chi connectivity index (χ1n) is 6.62. The highest BCUT2D eigenvalue weighted by molar-refractivity contribution is 5.39. The Bertz CT molecular complexity index is 419. The molecule has 0 radical (unpaired) electrons. The van der Waals surface area contributed by atoms with Crippen LogP contribution in [0.5, 0.6) is 0 Å². The third-order valence-corrected chi connectivity index (χ3v) is 4.01. The van der Waals surface area contributed by atoms with Gasteiger partial charge in [0.1, 0.15) is 0 Å². The van der Waals surface area contributed by atoms with Gasteiger partial charge in [0.2, 0.25) is 0 Å². The Labute approximate surface area is 103 Å². The van der Waals surface area contributed by atoms with Crippen molar-refractivity contribution in [2.24, 2.45) is 0 Å². The first kappa shape index (κ1) is 11.2. The number of methoxy groups -OCH3 is 1. The van der Waals surface area contributed by atoms with Crippen LogP contribution >= 0.6 is 0 Å². The molecule has 17 heavy (non-hydrogen) atoms. The van der Waals surface area contributed by atoms with Gasteiger partial charge in [0, 0.05) is 19.7 Å². The van der Waals surface area contributed by atoms with Gasteiger partial charge in [0.05, 0.1) is 5.60 Å². The minimum atomic E-state index is 0.0360. The van der Waals surface area contributed by atoms with Crippen LogP contribution in [0.2, 0.25) is 0 Å². The summed E-state index contributed by atoms with van der Waals surface area (Å²) in [4.78, 5) is 0. The Hall–Kier alpha value is -0.860. The molecule has 0 atom stereocenters. The van der Waals surface area contributed by atoms with Crippen LogP contribution in [0.25, 0.3) is 0 Å². The van der Waals surface area contributed by atoms with E-state index in [-0.39, 0.29) is 5.60 Å². The number of hydrogen-bond donors (Lipinski definition) is 1. The van der Waals surface area contributed by atoms with E-state index in [2.05, 4.69) is 30.4 Å². The summed E-state index contributed by atoms with van der Waals surface area (Å²) in [6, 6.07) is 7.54. The molecule has 1 aromatic carbocycles. The molecule has 0 aromatic heterocycles. The lowest BCUT2D eigenvalue weighted by Crippen LogP contribution is -2.20. The van der Waals surface area contributed by atoms with Crippen molar-refractivity contribution < 1.29 is 4.74 Å². The maximum absolute atomic E-state index is 5.71. The topological polar surface area (TPSA) is 21.3 Å². The molecule has 0 saturated heterocycles. The predicted octanol–water partition coefficient (Wildman–Crippen LogP) is 2.88. The largest absolute Gasteiger partial charge is 0.374 e. The predicted molar refractivity (Wildman–Crippen MR) is 69.0 cm³/mol. The van der Waals surface area contributed by atoms with Crippen LogP contribution in [0, 0.1) is 6.92 Å². The molecule has 1 N–H and O–H groups in total. The molecule has 2 aliphatic rings.